The molecule has 3 heterocycles. The first-order chi connectivity index (χ1) is 24.0. The van der Waals surface area contributed by atoms with Gasteiger partial charge in [0.1, 0.15) is 18.2 Å². The second-order valence-corrected chi connectivity index (χ2v) is 13.9. The molecule has 50 heavy (non-hydrogen) atoms. The average molecular weight is 686 g/mol. The van der Waals surface area contributed by atoms with Gasteiger partial charge in [0.05, 0.1) is 36.6 Å². The van der Waals surface area contributed by atoms with Gasteiger partial charge in [-0.1, -0.05) is 81.0 Å². The maximum absolute atomic E-state index is 15.1. The van der Waals surface area contributed by atoms with Crippen molar-refractivity contribution < 1.29 is 33.8 Å². The van der Waals surface area contributed by atoms with Gasteiger partial charge < -0.3 is 29.7 Å². The third-order valence-corrected chi connectivity index (χ3v) is 10.9. The molecular formula is C40H51N3O7. The number of allylic oxidation sites excluding steroid dienone is 1. The lowest BCUT2D eigenvalue weighted by Gasteiger charge is -2.41. The van der Waals surface area contributed by atoms with Crippen molar-refractivity contribution in [1.29, 1.82) is 0 Å². The summed E-state index contributed by atoms with van der Waals surface area (Å²) in [7, 11) is 0. The third kappa shape index (κ3) is 6.75. The molecule has 2 aromatic carbocycles. The van der Waals surface area contributed by atoms with Gasteiger partial charge in [0, 0.05) is 18.7 Å². The summed E-state index contributed by atoms with van der Waals surface area (Å²) in [5.74, 6) is -3.45. The highest BCUT2D eigenvalue weighted by Crippen LogP contribution is 2.59. The number of hydrogen-bond donors (Lipinski definition) is 2. The van der Waals surface area contributed by atoms with E-state index >= 15 is 4.79 Å². The van der Waals surface area contributed by atoms with Gasteiger partial charge in [0.2, 0.25) is 11.8 Å². The molecule has 0 unspecified atom stereocenters. The first-order valence-electron chi connectivity index (χ1n) is 17.8. The van der Waals surface area contributed by atoms with E-state index in [0.717, 1.165) is 22.4 Å². The van der Waals surface area contributed by atoms with Crippen LogP contribution in [0.1, 0.15) is 68.7 Å². The van der Waals surface area contributed by atoms with Crippen molar-refractivity contribution in [1.82, 2.24) is 10.2 Å². The number of aliphatic hydroxyl groups excluding tert-OH is 1. The number of carbonyl (C=O) groups is 4. The highest BCUT2D eigenvalue weighted by molar-refractivity contribution is 6.05. The number of aliphatic hydroxyl groups is 1. The number of anilines is 1. The number of ether oxygens (including phenoxy) is 2. The molecule has 0 aromatic heterocycles. The van der Waals surface area contributed by atoms with Crippen molar-refractivity contribution in [2.75, 3.05) is 24.7 Å². The van der Waals surface area contributed by atoms with E-state index in [1.165, 1.54) is 0 Å². The number of aryl methyl sites for hydroxylation is 2. The summed E-state index contributed by atoms with van der Waals surface area (Å²) < 4.78 is 12.3. The zero-order valence-electron chi connectivity index (χ0n) is 29.7. The molecule has 5 rings (SSSR count). The molecule has 3 saturated heterocycles. The smallest absolute Gasteiger partial charge is 0.306 e. The van der Waals surface area contributed by atoms with Crippen LogP contribution in [0.3, 0.4) is 0 Å². The number of rotatable bonds is 16. The van der Waals surface area contributed by atoms with E-state index < -0.39 is 53.5 Å². The summed E-state index contributed by atoms with van der Waals surface area (Å²) >= 11 is 0. The Morgan fingerprint density at radius 3 is 2.44 bits per heavy atom. The van der Waals surface area contributed by atoms with Crippen LogP contribution >= 0.6 is 0 Å². The predicted molar refractivity (Wildman–Crippen MR) is 191 cm³/mol. The number of nitrogens with one attached hydrogen (secondary N) is 1. The Morgan fingerprint density at radius 2 is 1.82 bits per heavy atom. The average Bonchev–Trinajstić information content (AvgIpc) is 3.76. The Balaban J connectivity index is 1.53. The van der Waals surface area contributed by atoms with Crippen molar-refractivity contribution in [2.24, 2.45) is 17.8 Å². The number of para-hydroxylation sites is 1. The largest absolute Gasteiger partial charge is 0.463 e. The molecule has 3 aliphatic heterocycles. The lowest BCUT2D eigenvalue weighted by Crippen LogP contribution is -2.60. The van der Waals surface area contributed by atoms with Crippen LogP contribution in [0.4, 0.5) is 5.69 Å². The summed E-state index contributed by atoms with van der Waals surface area (Å²) in [5.41, 5.74) is 2.02. The van der Waals surface area contributed by atoms with Crippen LogP contribution in [-0.4, -0.2) is 77.2 Å². The van der Waals surface area contributed by atoms with E-state index in [1.54, 1.807) is 22.0 Å². The predicted octanol–water partition coefficient (Wildman–Crippen LogP) is 4.97. The van der Waals surface area contributed by atoms with Crippen LogP contribution in [0.15, 0.2) is 73.8 Å². The van der Waals surface area contributed by atoms with Gasteiger partial charge in [-0.25, -0.2) is 0 Å². The molecule has 10 nitrogen and oxygen atoms in total. The molecule has 3 aliphatic rings. The number of esters is 1. The van der Waals surface area contributed by atoms with E-state index in [-0.39, 0.29) is 43.9 Å². The molecule has 2 N–H and O–H groups in total. The number of fused-ring (bicyclic) bond motifs is 1. The Bertz CT molecular complexity index is 1570. The van der Waals surface area contributed by atoms with Crippen LogP contribution in [0.25, 0.3) is 0 Å². The molecule has 0 aliphatic carbocycles. The zero-order valence-corrected chi connectivity index (χ0v) is 29.7. The Morgan fingerprint density at radius 1 is 1.12 bits per heavy atom. The van der Waals surface area contributed by atoms with Gasteiger partial charge in [-0.15, -0.1) is 13.2 Å². The van der Waals surface area contributed by atoms with E-state index in [1.807, 2.05) is 76.2 Å². The Labute approximate surface area is 295 Å². The fraction of sp³-hybridized carbons (Fsp3) is 0.500. The fourth-order valence-corrected chi connectivity index (χ4v) is 8.28. The minimum Gasteiger partial charge on any atom is -0.463 e. The lowest BCUT2D eigenvalue weighted by atomic mass is 9.70. The second kappa shape index (κ2) is 15.7. The monoisotopic (exact) mass is 685 g/mol. The van der Waals surface area contributed by atoms with Crippen molar-refractivity contribution in [3.8, 4) is 0 Å². The molecule has 2 aromatic rings. The summed E-state index contributed by atoms with van der Waals surface area (Å²) in [4.78, 5) is 59.9. The van der Waals surface area contributed by atoms with Crippen LogP contribution in [-0.2, 0) is 28.7 Å². The number of carbonyl (C=O) groups excluding carboxylic acids is 4. The van der Waals surface area contributed by atoms with Gasteiger partial charge in [-0.3, -0.25) is 19.2 Å². The van der Waals surface area contributed by atoms with Crippen LogP contribution in [0.2, 0.25) is 0 Å². The molecule has 268 valence electrons. The number of nitrogens with zero attached hydrogens (tertiary/aromatic N) is 2. The number of hydrogen-bond acceptors (Lipinski definition) is 7. The zero-order chi connectivity index (χ0) is 36.2. The second-order valence-electron chi connectivity index (χ2n) is 13.9. The quantitative estimate of drug-likeness (QED) is 0.189. The number of benzene rings is 2. The molecule has 1 spiro atoms. The lowest BCUT2D eigenvalue weighted by molar-refractivity contribution is -0.147. The van der Waals surface area contributed by atoms with Gasteiger partial charge in [-0.05, 0) is 55.7 Å². The molecule has 2 bridgehead atoms. The summed E-state index contributed by atoms with van der Waals surface area (Å²) in [6, 6.07) is 12.6. The SMILES string of the molecule is C=CCCC(=O)OC[C@@H](NC(=O)[C@@H]1[C@H]2C(=O)N([C@@H](CO)[C@@H](C)CC)[C@H](C(=O)N(CC=C)c3c(C)cccc3C)[C@]23CC[C@H]1O3)c1ccccc1. The Kier molecular flexibility index (Phi) is 11.6. The molecule has 8 atom stereocenters. The van der Waals surface area contributed by atoms with Crippen LogP contribution in [0, 0.1) is 31.6 Å². The normalized spacial score (nSPS) is 25.4. The summed E-state index contributed by atoms with van der Waals surface area (Å²) in [5, 5.41) is 13.8. The topological polar surface area (TPSA) is 125 Å². The van der Waals surface area contributed by atoms with Gasteiger partial charge in [0.15, 0.2) is 0 Å². The molecule has 0 saturated carbocycles. The summed E-state index contributed by atoms with van der Waals surface area (Å²) in [6.07, 6.45) is 4.94. The van der Waals surface area contributed by atoms with E-state index in [2.05, 4.69) is 18.5 Å². The molecule has 3 amide bonds. The highest BCUT2D eigenvalue weighted by atomic mass is 16.5. The van der Waals surface area contributed by atoms with Gasteiger partial charge in [-0.2, -0.15) is 0 Å². The van der Waals surface area contributed by atoms with Crippen molar-refractivity contribution in [3.63, 3.8) is 0 Å². The third-order valence-electron chi connectivity index (χ3n) is 10.9. The maximum atomic E-state index is 15.1. The fourth-order valence-electron chi connectivity index (χ4n) is 8.28. The van der Waals surface area contributed by atoms with Crippen LogP contribution in [0.5, 0.6) is 0 Å². The van der Waals surface area contributed by atoms with Crippen molar-refractivity contribution in [3.05, 3.63) is 90.5 Å². The first-order valence-corrected chi connectivity index (χ1v) is 17.8. The Hall–Kier alpha value is -4.28. The van der Waals surface area contributed by atoms with E-state index in [0.29, 0.717) is 25.7 Å². The minimum atomic E-state index is -1.27. The number of amides is 3. The number of likely N-dealkylation sites (tertiary alicyclic amines) is 1. The molecule has 0 radical (unpaired) electrons. The van der Waals surface area contributed by atoms with Gasteiger partial charge >= 0.3 is 5.97 Å². The van der Waals surface area contributed by atoms with E-state index in [9.17, 15) is 19.5 Å². The van der Waals surface area contributed by atoms with E-state index in [4.69, 9.17) is 9.47 Å². The minimum absolute atomic E-state index is 0.0894. The maximum Gasteiger partial charge on any atom is 0.306 e. The van der Waals surface area contributed by atoms with Crippen molar-refractivity contribution >= 4 is 29.4 Å². The van der Waals surface area contributed by atoms with Gasteiger partial charge in [0.25, 0.3) is 5.91 Å². The highest BCUT2D eigenvalue weighted by Gasteiger charge is 2.75. The van der Waals surface area contributed by atoms with Crippen LogP contribution < -0.4 is 10.2 Å². The first kappa shape index (κ1) is 37.0. The van der Waals surface area contributed by atoms with Crippen molar-refractivity contribution in [2.45, 2.75) is 89.6 Å². The molecular weight excluding hydrogens is 634 g/mol. The standard InChI is InChI=1S/C40H51N3O7/c1-7-10-19-32(45)49-24-29(28-17-12-11-13-18-28)41-37(46)33-31-20-21-40(50-31)34(33)38(47)43(30(23-44)25(4)9-3)36(40)39(48)42(22-8-2)35-26(5)15-14-16-27(35)6/h7-8,11-18,25,29-31,33-34,36,44H,1-2,9-10,19-24H2,3-6H3,(H,41,46)/t25-,29+,30-,31+,33-,34-,36+,40-/m0/s1. The summed E-state index contributed by atoms with van der Waals surface area (Å²) in [6.45, 7) is 15.2. The molecule has 10 heteroatoms. The molecule has 3 fully saturated rings.